The van der Waals surface area contributed by atoms with Crippen LogP contribution in [0.15, 0.2) is 30.3 Å². The first-order chi connectivity index (χ1) is 9.49. The maximum Gasteiger partial charge on any atom is 0.209 e. The van der Waals surface area contributed by atoms with Crippen molar-refractivity contribution in [1.82, 2.24) is 10.2 Å². The van der Waals surface area contributed by atoms with Crippen molar-refractivity contribution in [2.45, 2.75) is 30.1 Å². The zero-order valence-corrected chi connectivity index (χ0v) is 16.8. The Morgan fingerprint density at radius 3 is 2.05 bits per heavy atom. The van der Waals surface area contributed by atoms with E-state index >= 15 is 0 Å². The van der Waals surface area contributed by atoms with Gasteiger partial charge in [-0.1, -0.05) is 79.0 Å². The largest absolute Gasteiger partial charge is 0.306 e. The molecule has 2 nitrogen and oxygen atoms in total. The zero-order valence-electron chi connectivity index (χ0n) is 12.9. The molecule has 0 aliphatic rings. The average Bonchev–Trinajstić information content (AvgIpc) is 2.42. The molecule has 1 aromatic rings. The summed E-state index contributed by atoms with van der Waals surface area (Å²) in [6, 6.07) is 9.53. The molecule has 0 amide bonds. The normalized spacial score (nSPS) is 12.5. The summed E-state index contributed by atoms with van der Waals surface area (Å²) in [7, 11) is 0. The Morgan fingerprint density at radius 1 is 1.05 bits per heavy atom. The third-order valence-electron chi connectivity index (χ3n) is 3.35. The van der Waals surface area contributed by atoms with Gasteiger partial charge in [-0.25, -0.2) is 0 Å². The summed E-state index contributed by atoms with van der Waals surface area (Å²) in [4.78, 5) is 2.38. The number of hydrogen-bond donors (Lipinski definition) is 1. The monoisotopic (exact) mass is 408 g/mol. The van der Waals surface area contributed by atoms with Crippen LogP contribution < -0.4 is 5.32 Å². The Bertz CT molecular complexity index is 366. The number of nitrogens with one attached hydrogen (secondary N) is 1. The summed E-state index contributed by atoms with van der Waals surface area (Å²) in [5.41, 5.74) is 0.996. The molecule has 0 saturated carbocycles. The van der Waals surface area contributed by atoms with Crippen LogP contribution in [0.4, 0.5) is 0 Å². The topological polar surface area (TPSA) is 15.3 Å². The first kappa shape index (κ1) is 24.8. The van der Waals surface area contributed by atoms with E-state index in [2.05, 4.69) is 24.1 Å². The molecule has 0 fully saturated rings. The van der Waals surface area contributed by atoms with Crippen LogP contribution in [0.2, 0.25) is 0 Å². The van der Waals surface area contributed by atoms with E-state index in [1.54, 1.807) is 0 Å². The van der Waals surface area contributed by atoms with Gasteiger partial charge in [0.25, 0.3) is 0 Å². The van der Waals surface area contributed by atoms with Gasteiger partial charge in [-0.2, -0.15) is 0 Å². The summed E-state index contributed by atoms with van der Waals surface area (Å²) in [6.45, 7) is 8.37. The molecule has 0 bridgehead atoms. The molecule has 0 spiro atoms. The fourth-order valence-electron chi connectivity index (χ4n) is 2.16. The number of rotatable bonds is 8. The molecule has 1 atom stereocenters. The zero-order chi connectivity index (χ0) is 15.0. The third kappa shape index (κ3) is 9.02. The standard InChI is InChI=1S/C15H23Cl3N2.2ClH/c1-3-20(4-2)12-8-11-19-14(15(16,17)18)13-9-6-5-7-10-13;;/h5-7,9-10,14,19H,3-4,8,11-12H2,1-2H3;2*1H. The summed E-state index contributed by atoms with van der Waals surface area (Å²) in [5.74, 6) is 0. The van der Waals surface area contributed by atoms with Crippen molar-refractivity contribution in [3.8, 4) is 0 Å². The van der Waals surface area contributed by atoms with Crippen LogP contribution in [0.1, 0.15) is 31.9 Å². The lowest BCUT2D eigenvalue weighted by Crippen LogP contribution is -2.34. The van der Waals surface area contributed by atoms with Gasteiger partial charge in [0.1, 0.15) is 0 Å². The van der Waals surface area contributed by atoms with E-state index in [0.29, 0.717) is 0 Å². The summed E-state index contributed by atoms with van der Waals surface area (Å²) >= 11 is 18.3. The maximum atomic E-state index is 6.09. The second-order valence-electron chi connectivity index (χ2n) is 4.72. The minimum atomic E-state index is -1.35. The van der Waals surface area contributed by atoms with Crippen LogP contribution in [-0.2, 0) is 0 Å². The lowest BCUT2D eigenvalue weighted by Gasteiger charge is -2.26. The quantitative estimate of drug-likeness (QED) is 0.464. The Kier molecular flexibility index (Phi) is 14.6. The van der Waals surface area contributed by atoms with Crippen molar-refractivity contribution in [2.24, 2.45) is 0 Å². The summed E-state index contributed by atoms with van der Waals surface area (Å²) in [6.07, 6.45) is 1.03. The van der Waals surface area contributed by atoms with Crippen LogP contribution in [0.25, 0.3) is 0 Å². The van der Waals surface area contributed by atoms with Crippen molar-refractivity contribution in [3.05, 3.63) is 35.9 Å². The van der Waals surface area contributed by atoms with Gasteiger partial charge < -0.3 is 10.2 Å². The highest BCUT2D eigenvalue weighted by atomic mass is 35.6. The molecular formula is C15H25Cl5N2. The third-order valence-corrected chi connectivity index (χ3v) is 4.01. The second kappa shape index (κ2) is 12.9. The van der Waals surface area contributed by atoms with E-state index in [4.69, 9.17) is 34.8 Å². The molecule has 1 unspecified atom stereocenters. The van der Waals surface area contributed by atoms with Crippen LogP contribution in [0, 0.1) is 0 Å². The molecule has 7 heteroatoms. The Hall–Kier alpha value is 0.590. The van der Waals surface area contributed by atoms with Gasteiger partial charge in [-0.3, -0.25) is 0 Å². The molecular weight excluding hydrogens is 385 g/mol. The Balaban J connectivity index is 0. The molecule has 0 aromatic heterocycles. The van der Waals surface area contributed by atoms with E-state index in [0.717, 1.165) is 38.2 Å². The SMILES string of the molecule is CCN(CC)CCCNC(c1ccccc1)C(Cl)(Cl)Cl.Cl.Cl. The fourth-order valence-corrected chi connectivity index (χ4v) is 2.77. The van der Waals surface area contributed by atoms with E-state index in [1.807, 2.05) is 30.3 Å². The van der Waals surface area contributed by atoms with Crippen LogP contribution >= 0.6 is 59.6 Å². The minimum absolute atomic E-state index is 0. The predicted molar refractivity (Wildman–Crippen MR) is 104 cm³/mol. The summed E-state index contributed by atoms with van der Waals surface area (Å²) in [5, 5.41) is 3.36. The molecule has 1 N–H and O–H groups in total. The first-order valence-electron chi connectivity index (χ1n) is 7.06. The van der Waals surface area contributed by atoms with Crippen molar-refractivity contribution < 1.29 is 0 Å². The fraction of sp³-hybridized carbons (Fsp3) is 0.600. The van der Waals surface area contributed by atoms with Gasteiger partial charge in [0.05, 0.1) is 6.04 Å². The molecule has 1 aromatic carbocycles. The van der Waals surface area contributed by atoms with E-state index < -0.39 is 3.79 Å². The number of benzene rings is 1. The van der Waals surface area contributed by atoms with Gasteiger partial charge in [-0.15, -0.1) is 24.8 Å². The molecule has 1 rings (SSSR count). The molecule has 0 radical (unpaired) electrons. The number of halogens is 5. The van der Waals surface area contributed by atoms with Crippen LogP contribution in [0.5, 0.6) is 0 Å². The molecule has 0 aliphatic carbocycles. The van der Waals surface area contributed by atoms with Crippen molar-refractivity contribution in [2.75, 3.05) is 26.2 Å². The van der Waals surface area contributed by atoms with E-state index in [-0.39, 0.29) is 30.9 Å². The van der Waals surface area contributed by atoms with Gasteiger partial charge in [0.2, 0.25) is 3.79 Å². The lowest BCUT2D eigenvalue weighted by atomic mass is 10.1. The predicted octanol–water partition coefficient (Wildman–Crippen LogP) is 5.26. The second-order valence-corrected chi connectivity index (χ2v) is 7.09. The summed E-state index contributed by atoms with van der Waals surface area (Å²) < 4.78 is -1.35. The van der Waals surface area contributed by atoms with Crippen LogP contribution in [-0.4, -0.2) is 34.9 Å². The van der Waals surface area contributed by atoms with Gasteiger partial charge in [0, 0.05) is 0 Å². The lowest BCUT2D eigenvalue weighted by molar-refractivity contribution is 0.295. The molecule has 22 heavy (non-hydrogen) atoms. The minimum Gasteiger partial charge on any atom is -0.306 e. The molecule has 0 saturated heterocycles. The van der Waals surface area contributed by atoms with Crippen LogP contribution in [0.3, 0.4) is 0 Å². The van der Waals surface area contributed by atoms with Crippen molar-refractivity contribution >= 4 is 59.6 Å². The highest BCUT2D eigenvalue weighted by Crippen LogP contribution is 2.39. The highest BCUT2D eigenvalue weighted by Gasteiger charge is 2.33. The first-order valence-corrected chi connectivity index (χ1v) is 8.19. The van der Waals surface area contributed by atoms with Gasteiger partial charge >= 0.3 is 0 Å². The van der Waals surface area contributed by atoms with Crippen molar-refractivity contribution in [3.63, 3.8) is 0 Å². The smallest absolute Gasteiger partial charge is 0.209 e. The molecule has 0 aliphatic heterocycles. The highest BCUT2D eigenvalue weighted by molar-refractivity contribution is 6.68. The van der Waals surface area contributed by atoms with Gasteiger partial charge in [0.15, 0.2) is 0 Å². The van der Waals surface area contributed by atoms with E-state index in [1.165, 1.54) is 0 Å². The Morgan fingerprint density at radius 2 is 1.59 bits per heavy atom. The van der Waals surface area contributed by atoms with E-state index in [9.17, 15) is 0 Å². The molecule has 0 heterocycles. The number of hydrogen-bond acceptors (Lipinski definition) is 2. The van der Waals surface area contributed by atoms with Gasteiger partial charge in [-0.05, 0) is 38.2 Å². The number of alkyl halides is 3. The number of nitrogens with zero attached hydrogens (tertiary/aromatic N) is 1. The Labute approximate surface area is 161 Å². The molecule has 130 valence electrons. The maximum absolute atomic E-state index is 6.09. The average molecular weight is 411 g/mol. The van der Waals surface area contributed by atoms with Crippen molar-refractivity contribution in [1.29, 1.82) is 0 Å².